The number of halogens is 1. The molecule has 2 aliphatic heterocycles. The van der Waals surface area contributed by atoms with Crippen molar-refractivity contribution in [3.8, 4) is 0 Å². The maximum Gasteiger partial charge on any atom is 0.246 e. The molecule has 0 aromatic heterocycles. The third-order valence-electron chi connectivity index (χ3n) is 5.20. The molecule has 26 heavy (non-hydrogen) atoms. The Kier molecular flexibility index (Phi) is 5.37. The van der Waals surface area contributed by atoms with Gasteiger partial charge in [-0.05, 0) is 43.9 Å². The predicted molar refractivity (Wildman–Crippen MR) is 102 cm³/mol. The van der Waals surface area contributed by atoms with Gasteiger partial charge in [0.15, 0.2) is 5.17 Å². The van der Waals surface area contributed by atoms with Gasteiger partial charge in [0, 0.05) is 26.4 Å². The molecule has 0 aromatic rings. The molecule has 1 unspecified atom stereocenters. The maximum absolute atomic E-state index is 13.2. The summed E-state index contributed by atoms with van der Waals surface area (Å²) in [6.07, 6.45) is 7.03. The highest BCUT2D eigenvalue weighted by Crippen LogP contribution is 2.41. The van der Waals surface area contributed by atoms with Crippen LogP contribution >= 0.6 is 11.8 Å². The number of nitrogens with zero attached hydrogens (tertiary/aromatic N) is 2. The first-order valence-corrected chi connectivity index (χ1v) is 9.69. The van der Waals surface area contributed by atoms with Crippen molar-refractivity contribution in [1.82, 2.24) is 10.2 Å². The van der Waals surface area contributed by atoms with E-state index in [1.807, 2.05) is 19.9 Å². The van der Waals surface area contributed by atoms with Crippen molar-refractivity contribution in [2.45, 2.75) is 50.8 Å². The quantitative estimate of drug-likeness (QED) is 0.769. The molecular formula is C19H24FN3O2S. The van der Waals surface area contributed by atoms with E-state index in [-0.39, 0.29) is 23.7 Å². The molecule has 140 valence electrons. The minimum absolute atomic E-state index is 0.0521. The van der Waals surface area contributed by atoms with Crippen LogP contribution in [-0.4, -0.2) is 45.8 Å². The van der Waals surface area contributed by atoms with Gasteiger partial charge < -0.3 is 10.2 Å². The molecule has 2 heterocycles. The van der Waals surface area contributed by atoms with Gasteiger partial charge in [0.25, 0.3) is 0 Å². The molecule has 2 amide bonds. The fourth-order valence-electron chi connectivity index (χ4n) is 3.37. The van der Waals surface area contributed by atoms with Crippen molar-refractivity contribution in [3.05, 3.63) is 35.2 Å². The zero-order valence-corrected chi connectivity index (χ0v) is 16.2. The van der Waals surface area contributed by atoms with Gasteiger partial charge in [-0.25, -0.2) is 4.39 Å². The van der Waals surface area contributed by atoms with Crippen LogP contribution in [0.25, 0.3) is 0 Å². The van der Waals surface area contributed by atoms with E-state index in [0.29, 0.717) is 37.5 Å². The van der Waals surface area contributed by atoms with Crippen molar-refractivity contribution in [2.75, 3.05) is 13.1 Å². The van der Waals surface area contributed by atoms with E-state index in [4.69, 9.17) is 0 Å². The summed E-state index contributed by atoms with van der Waals surface area (Å²) in [5.74, 6) is -0.121. The number of allylic oxidation sites excluding steroid dienone is 3. The summed E-state index contributed by atoms with van der Waals surface area (Å²) < 4.78 is 12.5. The minimum atomic E-state index is -0.686. The third-order valence-corrected chi connectivity index (χ3v) is 6.46. The lowest BCUT2D eigenvalue weighted by atomic mass is 9.93. The number of amidine groups is 1. The van der Waals surface area contributed by atoms with E-state index in [9.17, 15) is 14.0 Å². The molecule has 1 N–H and O–H groups in total. The molecule has 1 saturated heterocycles. The maximum atomic E-state index is 13.2. The summed E-state index contributed by atoms with van der Waals surface area (Å²) in [4.78, 5) is 30.5. The van der Waals surface area contributed by atoms with E-state index in [1.54, 1.807) is 17.9 Å². The zero-order chi connectivity index (χ0) is 18.9. The number of amides is 2. The van der Waals surface area contributed by atoms with Gasteiger partial charge in [0.05, 0.1) is 6.04 Å². The second kappa shape index (κ2) is 7.39. The van der Waals surface area contributed by atoms with Crippen LogP contribution in [0.4, 0.5) is 4.39 Å². The number of hydrogen-bond donors (Lipinski definition) is 1. The highest BCUT2D eigenvalue weighted by Gasteiger charge is 2.46. The van der Waals surface area contributed by atoms with Gasteiger partial charge in [0.2, 0.25) is 11.8 Å². The van der Waals surface area contributed by atoms with Gasteiger partial charge in [-0.2, -0.15) is 0 Å². The Morgan fingerprint density at radius 3 is 2.73 bits per heavy atom. The third kappa shape index (κ3) is 3.77. The second-order valence-electron chi connectivity index (χ2n) is 7.00. The van der Waals surface area contributed by atoms with Crippen LogP contribution in [0.15, 0.2) is 40.2 Å². The Hall–Kier alpha value is -1.89. The molecule has 1 fully saturated rings. The molecule has 0 radical (unpaired) electrons. The second-order valence-corrected chi connectivity index (χ2v) is 8.41. The van der Waals surface area contributed by atoms with E-state index in [0.717, 1.165) is 11.1 Å². The number of carbonyl (C=O) groups excluding carboxylic acids is 2. The first kappa shape index (κ1) is 18.9. The summed E-state index contributed by atoms with van der Waals surface area (Å²) >= 11 is 1.43. The molecular weight excluding hydrogens is 353 g/mol. The van der Waals surface area contributed by atoms with Crippen LogP contribution in [0.2, 0.25) is 0 Å². The van der Waals surface area contributed by atoms with E-state index < -0.39 is 4.75 Å². The van der Waals surface area contributed by atoms with Crippen molar-refractivity contribution < 1.29 is 14.0 Å². The largest absolute Gasteiger partial charge is 0.339 e. The predicted octanol–water partition coefficient (Wildman–Crippen LogP) is 3.10. The molecule has 3 rings (SSSR count). The van der Waals surface area contributed by atoms with Gasteiger partial charge in [-0.1, -0.05) is 23.9 Å². The van der Waals surface area contributed by atoms with E-state index in [1.165, 1.54) is 17.8 Å². The van der Waals surface area contributed by atoms with Crippen LogP contribution in [-0.2, 0) is 9.59 Å². The Balaban J connectivity index is 1.73. The lowest BCUT2D eigenvalue weighted by Crippen LogP contribution is -2.41. The first-order valence-electron chi connectivity index (χ1n) is 8.88. The monoisotopic (exact) mass is 377 g/mol. The molecule has 0 spiro atoms. The van der Waals surface area contributed by atoms with Gasteiger partial charge in [0.1, 0.15) is 10.6 Å². The van der Waals surface area contributed by atoms with Crippen molar-refractivity contribution in [1.29, 1.82) is 0 Å². The standard InChI is InChI=1S/C19H24FN3O2S/c1-12(14-4-6-16(20)7-5-14)21-18-22-17(25)19(3,26-18)15-8-10-23(11-9-15)13(2)24/h4,6,8,12H,5,7,9-11H2,1-3H3,(H,21,22,25)/t12-,19?/m0/s1. The van der Waals surface area contributed by atoms with Gasteiger partial charge >= 0.3 is 0 Å². The number of rotatable bonds is 3. The summed E-state index contributed by atoms with van der Waals surface area (Å²) in [7, 11) is 0. The summed E-state index contributed by atoms with van der Waals surface area (Å²) in [5.41, 5.74) is 2.11. The van der Waals surface area contributed by atoms with Crippen LogP contribution in [0, 0.1) is 0 Å². The van der Waals surface area contributed by atoms with Crippen LogP contribution < -0.4 is 5.32 Å². The molecule has 5 nitrogen and oxygen atoms in total. The minimum Gasteiger partial charge on any atom is -0.339 e. The molecule has 0 saturated carbocycles. The fraction of sp³-hybridized carbons (Fsp3) is 0.526. The van der Waals surface area contributed by atoms with Crippen molar-refractivity contribution in [2.24, 2.45) is 4.99 Å². The van der Waals surface area contributed by atoms with Crippen LogP contribution in [0.5, 0.6) is 0 Å². The lowest BCUT2D eigenvalue weighted by Gasteiger charge is -2.31. The fourth-order valence-corrected chi connectivity index (χ4v) is 4.58. The highest BCUT2D eigenvalue weighted by atomic mass is 32.2. The summed E-state index contributed by atoms with van der Waals surface area (Å²) in [5, 5.41) is 3.50. The van der Waals surface area contributed by atoms with E-state index in [2.05, 4.69) is 10.3 Å². The molecule has 1 aliphatic carbocycles. The Labute approximate surface area is 157 Å². The van der Waals surface area contributed by atoms with Crippen LogP contribution in [0.1, 0.15) is 40.0 Å². The first-order chi connectivity index (χ1) is 12.3. The SMILES string of the molecule is CC(=O)N1CC=C(C2(C)SC(=N[C@@H](C)C3=CC=C(F)CC3)NC2=O)CC1. The lowest BCUT2D eigenvalue weighted by molar-refractivity contribution is -0.128. The zero-order valence-electron chi connectivity index (χ0n) is 15.3. The highest BCUT2D eigenvalue weighted by molar-refractivity contribution is 8.16. The van der Waals surface area contributed by atoms with Crippen LogP contribution in [0.3, 0.4) is 0 Å². The number of aliphatic imine (C=N–C) groups is 1. The molecule has 0 bridgehead atoms. The average Bonchev–Trinajstić information content (AvgIpc) is 2.90. The number of thioether (sulfide) groups is 1. The average molecular weight is 377 g/mol. The number of hydrogen-bond acceptors (Lipinski definition) is 4. The van der Waals surface area contributed by atoms with Crippen molar-refractivity contribution >= 4 is 28.7 Å². The summed E-state index contributed by atoms with van der Waals surface area (Å²) in [6.45, 7) is 6.61. The number of carbonyl (C=O) groups is 2. The number of nitrogens with one attached hydrogen (secondary N) is 1. The molecule has 7 heteroatoms. The topological polar surface area (TPSA) is 61.8 Å². The van der Waals surface area contributed by atoms with Gasteiger partial charge in [-0.15, -0.1) is 0 Å². The molecule has 0 aromatic carbocycles. The normalized spacial score (nSPS) is 29.1. The van der Waals surface area contributed by atoms with E-state index >= 15 is 0 Å². The molecule has 2 atom stereocenters. The summed E-state index contributed by atoms with van der Waals surface area (Å²) in [6, 6.07) is -0.0990. The van der Waals surface area contributed by atoms with Crippen molar-refractivity contribution in [3.63, 3.8) is 0 Å². The Morgan fingerprint density at radius 1 is 1.38 bits per heavy atom. The smallest absolute Gasteiger partial charge is 0.246 e. The molecule has 3 aliphatic rings. The Morgan fingerprint density at radius 2 is 2.15 bits per heavy atom. The Bertz CT molecular complexity index is 756. The van der Waals surface area contributed by atoms with Gasteiger partial charge in [-0.3, -0.25) is 14.6 Å².